The number of hydrogen-bond donors (Lipinski definition) is 0. The van der Waals surface area contributed by atoms with Crippen LogP contribution in [-0.4, -0.2) is 9.97 Å². The van der Waals surface area contributed by atoms with Gasteiger partial charge in [0.2, 0.25) is 0 Å². The second kappa shape index (κ2) is 84.1. The zero-order valence-corrected chi connectivity index (χ0v) is 84.3. The topological polar surface area (TPSA) is 25.8 Å². The quantitative estimate of drug-likeness (QED) is 0.155. The van der Waals surface area contributed by atoms with E-state index < -0.39 is 0 Å². The van der Waals surface area contributed by atoms with Crippen molar-refractivity contribution in [1.82, 2.24) is 9.97 Å². The average molecular weight is 1710 g/mol. The van der Waals surface area contributed by atoms with E-state index >= 15 is 0 Å². The Morgan fingerprint density at radius 3 is 0.855 bits per heavy atom. The summed E-state index contributed by atoms with van der Waals surface area (Å²) in [5.41, 5.74) is 20.3. The fraction of sp³-hybridized carbons (Fsp3) is 0.261. The predicted octanol–water partition coefficient (Wildman–Crippen LogP) is 40.0. The summed E-state index contributed by atoms with van der Waals surface area (Å²) in [6, 6.07) is 125. The van der Waals surface area contributed by atoms with Crippen LogP contribution >= 0.6 is 34.0 Å². The molecule has 0 saturated carbocycles. The molecule has 11 aromatic carbocycles. The molecule has 5 aromatic heterocycles. The van der Waals surface area contributed by atoms with Gasteiger partial charge in [0.25, 0.3) is 0 Å². The van der Waals surface area contributed by atoms with Crippen molar-refractivity contribution in [1.29, 1.82) is 0 Å². The standard InChI is InChI=1S/C16H13N.C15H14.C14H12.C12H11N.C12H10.C11H10S.C7H8.2C4H4S.12C2H6/c1-12-9-10-16(17-11-12)15-8-4-6-13-5-2-3-7-14(13)15;1-15(2)13-9-5-3-7-11(13)12-8-4-6-10-14(12)15;1-3-7-13(8-4-1)11-12-14-9-5-2-6-10-14;1-10-7-8-12(13-9-10)11-5-3-2-4-6-11;1-3-7-11(8-4-1)12-9-5-2-6-10-12;1-9-7-8-11(12-9)10-5-3-2-4-6-10;1-7-5-3-2-4-6-7;2*1-2-4-5-3-1;12*1-2/h2-11H,1H3;3-10H,1-2H3;1-12H;2-9H,1H3;1-10H;2-8H,1H3;2-6H,1H3;2*1-4H;12*1-2H3. The van der Waals surface area contributed by atoms with Crippen LogP contribution in [-0.2, 0) is 5.41 Å². The van der Waals surface area contributed by atoms with E-state index in [2.05, 4.69) is 299 Å². The first-order valence-corrected chi connectivity index (χ1v) is 48.3. The molecule has 0 aliphatic heterocycles. The van der Waals surface area contributed by atoms with Crippen LogP contribution < -0.4 is 0 Å². The molecule has 0 spiro atoms. The van der Waals surface area contributed by atoms with E-state index in [1.165, 1.54) is 98.4 Å². The first kappa shape index (κ1) is 119. The van der Waals surface area contributed by atoms with Gasteiger partial charge in [-0.25, -0.2) is 0 Å². The molecule has 0 unspecified atom stereocenters. The van der Waals surface area contributed by atoms with Gasteiger partial charge in [-0.05, 0) is 145 Å². The second-order valence-electron chi connectivity index (χ2n) is 24.0. The Hall–Kier alpha value is -11.2. The van der Waals surface area contributed by atoms with Crippen molar-refractivity contribution in [2.24, 2.45) is 0 Å². The van der Waals surface area contributed by atoms with Crippen LogP contribution in [0.5, 0.6) is 0 Å². The molecular weight excluding hydrogens is 1550 g/mol. The molecule has 5 heteroatoms. The van der Waals surface area contributed by atoms with Crippen LogP contribution in [0.25, 0.3) is 78.1 Å². The maximum absolute atomic E-state index is 4.50. The molecule has 0 saturated heterocycles. The van der Waals surface area contributed by atoms with E-state index in [0.717, 1.165) is 11.4 Å². The fourth-order valence-electron chi connectivity index (χ4n) is 10.8. The molecule has 0 radical (unpaired) electrons. The van der Waals surface area contributed by atoms with Gasteiger partial charge in [-0.2, -0.15) is 22.7 Å². The molecule has 16 aromatic rings. The number of aryl methyl sites for hydroxylation is 4. The Morgan fingerprint density at radius 1 is 0.234 bits per heavy atom. The molecule has 124 heavy (non-hydrogen) atoms. The van der Waals surface area contributed by atoms with Gasteiger partial charge in [-0.15, -0.1) is 11.3 Å². The largest absolute Gasteiger partial charge is 0.256 e. The third-order valence-corrected chi connectivity index (χ3v) is 18.3. The Labute approximate surface area is 771 Å². The minimum Gasteiger partial charge on any atom is -0.256 e. The fourth-order valence-corrected chi connectivity index (χ4v) is 12.5. The van der Waals surface area contributed by atoms with Gasteiger partial charge in [0.1, 0.15) is 0 Å². The van der Waals surface area contributed by atoms with Crippen molar-refractivity contribution in [3.63, 3.8) is 0 Å². The highest BCUT2D eigenvalue weighted by Crippen LogP contribution is 2.48. The van der Waals surface area contributed by atoms with Gasteiger partial charge in [-0.3, -0.25) is 9.97 Å². The van der Waals surface area contributed by atoms with E-state index in [9.17, 15) is 0 Å². The zero-order chi connectivity index (χ0) is 93.7. The summed E-state index contributed by atoms with van der Waals surface area (Å²) < 4.78 is 0. The molecule has 0 fully saturated rings. The molecule has 662 valence electrons. The summed E-state index contributed by atoms with van der Waals surface area (Å²) in [5, 5.41) is 10.7. The third-order valence-electron chi connectivity index (χ3n) is 16.0. The Morgan fingerprint density at radius 2 is 0.532 bits per heavy atom. The van der Waals surface area contributed by atoms with Crippen molar-refractivity contribution in [2.45, 2.75) is 213 Å². The highest BCUT2D eigenvalue weighted by atomic mass is 32.1. The van der Waals surface area contributed by atoms with Crippen LogP contribution in [0.15, 0.2) is 398 Å². The number of thiophene rings is 3. The van der Waals surface area contributed by atoms with Crippen LogP contribution in [0.3, 0.4) is 0 Å². The van der Waals surface area contributed by atoms with E-state index in [-0.39, 0.29) is 5.41 Å². The maximum atomic E-state index is 4.50. The SMILES string of the molecule is C(=Cc1ccccc1)c1ccccc1.CC.CC.CC.CC.CC.CC.CC.CC.CC.CC.CC.CC.CC1(C)c2ccccc2-c2ccccc21.Cc1ccc(-c2cccc3ccccc23)nc1.Cc1ccc(-c2ccccc2)nc1.Cc1ccc(-c2ccccc2)s1.Cc1ccccc1.c1ccc(-c2ccccc2)cc1.c1ccsc1.c1ccsc1. The lowest BCUT2D eigenvalue weighted by atomic mass is 9.82. The van der Waals surface area contributed by atoms with E-state index in [0.29, 0.717) is 0 Å². The minimum atomic E-state index is 0.160. The van der Waals surface area contributed by atoms with Crippen LogP contribution in [0.4, 0.5) is 0 Å². The van der Waals surface area contributed by atoms with E-state index in [1.54, 1.807) is 22.7 Å². The normalized spacial score (nSPS) is 9.24. The van der Waals surface area contributed by atoms with E-state index in [4.69, 9.17) is 0 Å². The first-order chi connectivity index (χ1) is 61.1. The summed E-state index contributed by atoms with van der Waals surface area (Å²) in [7, 11) is 0. The Balaban J connectivity index is -0.000000642. The Kier molecular flexibility index (Phi) is 80.8. The lowest BCUT2D eigenvalue weighted by Gasteiger charge is -2.20. The molecule has 17 rings (SSSR count). The second-order valence-corrected chi connectivity index (χ2v) is 26.9. The van der Waals surface area contributed by atoms with Crippen LogP contribution in [0.2, 0.25) is 0 Å². The molecule has 2 nitrogen and oxygen atoms in total. The van der Waals surface area contributed by atoms with Gasteiger partial charge in [-0.1, -0.05) is 537 Å². The number of fused-ring (bicyclic) bond motifs is 4. The minimum absolute atomic E-state index is 0.160. The molecule has 1 aliphatic rings. The van der Waals surface area contributed by atoms with Gasteiger partial charge in [0, 0.05) is 38.7 Å². The molecule has 0 atom stereocenters. The lowest BCUT2D eigenvalue weighted by molar-refractivity contribution is 0.660. The van der Waals surface area contributed by atoms with Crippen molar-refractivity contribution in [3.8, 4) is 55.2 Å². The smallest absolute Gasteiger partial charge is 0.0708 e. The number of benzene rings is 11. The molecule has 0 bridgehead atoms. The van der Waals surface area contributed by atoms with Gasteiger partial charge >= 0.3 is 0 Å². The van der Waals surface area contributed by atoms with E-state index in [1.807, 2.05) is 340 Å². The zero-order valence-electron chi connectivity index (χ0n) is 81.9. The van der Waals surface area contributed by atoms with Gasteiger partial charge in [0.15, 0.2) is 0 Å². The first-order valence-electron chi connectivity index (χ1n) is 45.6. The summed E-state index contributed by atoms with van der Waals surface area (Å²) in [5.74, 6) is 0. The number of rotatable bonds is 6. The summed E-state index contributed by atoms with van der Waals surface area (Å²) >= 11 is 5.27. The summed E-state index contributed by atoms with van der Waals surface area (Å²) in [6.45, 7) is 60.9. The number of nitrogens with zero attached hydrogens (tertiary/aromatic N) is 2. The molecule has 0 N–H and O–H groups in total. The number of hydrogen-bond acceptors (Lipinski definition) is 5. The lowest BCUT2D eigenvalue weighted by Crippen LogP contribution is -2.14. The molecule has 1 aliphatic carbocycles. The Bertz CT molecular complexity index is 4640. The maximum Gasteiger partial charge on any atom is 0.0708 e. The highest BCUT2D eigenvalue weighted by Gasteiger charge is 2.34. The number of pyridine rings is 2. The summed E-state index contributed by atoms with van der Waals surface area (Å²) in [6.07, 6.45) is 8.05. The van der Waals surface area contributed by atoms with Crippen LogP contribution in [0.1, 0.15) is 224 Å². The van der Waals surface area contributed by atoms with Crippen LogP contribution in [0, 0.1) is 27.7 Å². The van der Waals surface area contributed by atoms with Gasteiger partial charge < -0.3 is 0 Å². The predicted molar refractivity (Wildman–Crippen MR) is 575 cm³/mol. The van der Waals surface area contributed by atoms with Crippen molar-refractivity contribution in [2.75, 3.05) is 0 Å². The summed E-state index contributed by atoms with van der Waals surface area (Å²) in [4.78, 5) is 11.6. The molecule has 5 heterocycles. The van der Waals surface area contributed by atoms with Crippen molar-refractivity contribution in [3.05, 3.63) is 442 Å². The molecule has 0 amide bonds. The van der Waals surface area contributed by atoms with Crippen molar-refractivity contribution < 1.29 is 0 Å². The average Bonchev–Trinajstić information content (AvgIpc) is 1.59. The monoisotopic (exact) mass is 1710 g/mol. The highest BCUT2D eigenvalue weighted by molar-refractivity contribution is 7.15. The molecular formula is C119H158N2S3. The third kappa shape index (κ3) is 49.8. The van der Waals surface area contributed by atoms with Gasteiger partial charge in [0.05, 0.1) is 11.4 Å². The number of aromatic nitrogens is 2. The van der Waals surface area contributed by atoms with Crippen molar-refractivity contribution >= 4 is 56.9 Å².